The molecule has 0 amide bonds. The summed E-state index contributed by atoms with van der Waals surface area (Å²) in [4.78, 5) is 11.2. The van der Waals surface area contributed by atoms with Gasteiger partial charge in [-0.25, -0.2) is 4.79 Å². The second-order valence-electron chi connectivity index (χ2n) is 3.14. The summed E-state index contributed by atoms with van der Waals surface area (Å²) in [5.41, 5.74) is 1.65. The molecule has 0 heterocycles. The number of benzene rings is 1. The summed E-state index contributed by atoms with van der Waals surface area (Å²) in [7, 11) is 1.38. The molecule has 1 aromatic carbocycles. The van der Waals surface area contributed by atoms with Gasteiger partial charge in [0.25, 0.3) is 0 Å². The van der Waals surface area contributed by atoms with Crippen LogP contribution in [0.1, 0.15) is 28.8 Å². The molecule has 2 nitrogen and oxygen atoms in total. The van der Waals surface area contributed by atoms with Crippen LogP contribution in [-0.4, -0.2) is 13.1 Å². The van der Waals surface area contributed by atoms with E-state index in [9.17, 15) is 4.79 Å². The van der Waals surface area contributed by atoms with E-state index in [4.69, 9.17) is 0 Å². The van der Waals surface area contributed by atoms with Crippen molar-refractivity contribution in [1.29, 1.82) is 0 Å². The summed E-state index contributed by atoms with van der Waals surface area (Å²) in [6, 6.07) is 7.39. The van der Waals surface area contributed by atoms with Crippen LogP contribution in [0.25, 0.3) is 0 Å². The Labute approximate surface area is 84.2 Å². The summed E-state index contributed by atoms with van der Waals surface area (Å²) >= 11 is 0. The predicted molar refractivity (Wildman–Crippen MR) is 56.4 cm³/mol. The van der Waals surface area contributed by atoms with Gasteiger partial charge in [-0.15, -0.1) is 6.58 Å². The molecule has 1 atom stereocenters. The second-order valence-corrected chi connectivity index (χ2v) is 3.14. The summed E-state index contributed by atoms with van der Waals surface area (Å²) < 4.78 is 4.64. The molecule has 0 saturated carbocycles. The zero-order valence-electron chi connectivity index (χ0n) is 8.49. The molecule has 0 unspecified atom stereocenters. The largest absolute Gasteiger partial charge is 0.465 e. The second kappa shape index (κ2) is 4.61. The van der Waals surface area contributed by atoms with E-state index in [1.165, 1.54) is 7.11 Å². The number of carbonyl (C=O) groups excluding carboxylic acids is 1. The molecule has 0 radical (unpaired) electrons. The molecule has 2 heteroatoms. The van der Waals surface area contributed by atoms with Crippen LogP contribution < -0.4 is 0 Å². The lowest BCUT2D eigenvalue weighted by atomic mass is 9.99. The molecule has 1 aromatic rings. The Morgan fingerprint density at radius 3 is 2.86 bits per heavy atom. The molecule has 0 saturated heterocycles. The van der Waals surface area contributed by atoms with Crippen molar-refractivity contribution in [2.75, 3.05) is 7.11 Å². The van der Waals surface area contributed by atoms with Crippen molar-refractivity contribution in [3.05, 3.63) is 48.0 Å². The number of allylic oxidation sites excluding steroid dienone is 1. The fourth-order valence-electron chi connectivity index (χ4n) is 1.20. The minimum Gasteiger partial charge on any atom is -0.465 e. The average molecular weight is 190 g/mol. The molecule has 0 spiro atoms. The standard InChI is InChI=1S/C12H14O2/c1-4-9(2)10-6-5-7-11(8-10)12(13)14-3/h4-9H,1H2,2-3H3/t9-/m1/s1. The Balaban J connectivity index is 3.00. The van der Waals surface area contributed by atoms with Gasteiger partial charge in [0, 0.05) is 0 Å². The quantitative estimate of drug-likeness (QED) is 0.541. The van der Waals surface area contributed by atoms with Gasteiger partial charge in [-0.05, 0) is 23.6 Å². The van der Waals surface area contributed by atoms with Gasteiger partial charge in [0.15, 0.2) is 0 Å². The summed E-state index contributed by atoms with van der Waals surface area (Å²) in [5.74, 6) is -0.0530. The van der Waals surface area contributed by atoms with Gasteiger partial charge < -0.3 is 4.74 Å². The van der Waals surface area contributed by atoms with Crippen molar-refractivity contribution in [2.45, 2.75) is 12.8 Å². The van der Waals surface area contributed by atoms with E-state index in [0.29, 0.717) is 5.56 Å². The maximum Gasteiger partial charge on any atom is 0.337 e. The van der Waals surface area contributed by atoms with Crippen molar-refractivity contribution in [3.8, 4) is 0 Å². The van der Waals surface area contributed by atoms with Crippen LogP contribution in [0.2, 0.25) is 0 Å². The topological polar surface area (TPSA) is 26.3 Å². The SMILES string of the molecule is C=C[C@@H](C)c1cccc(C(=O)OC)c1. The Morgan fingerprint density at radius 2 is 2.29 bits per heavy atom. The van der Waals surface area contributed by atoms with Gasteiger partial charge in [-0.3, -0.25) is 0 Å². The van der Waals surface area contributed by atoms with Gasteiger partial charge >= 0.3 is 5.97 Å². The van der Waals surface area contributed by atoms with Crippen LogP contribution in [0, 0.1) is 0 Å². The zero-order valence-corrected chi connectivity index (χ0v) is 8.49. The molecule has 0 N–H and O–H groups in total. The molecule has 74 valence electrons. The third-order valence-electron chi connectivity index (χ3n) is 2.19. The minimum absolute atomic E-state index is 0.250. The lowest BCUT2D eigenvalue weighted by Gasteiger charge is -2.07. The van der Waals surface area contributed by atoms with Crippen LogP contribution in [-0.2, 0) is 4.74 Å². The number of rotatable bonds is 3. The van der Waals surface area contributed by atoms with Crippen LogP contribution in [0.5, 0.6) is 0 Å². The van der Waals surface area contributed by atoms with Gasteiger partial charge in [-0.1, -0.05) is 25.1 Å². The lowest BCUT2D eigenvalue weighted by Crippen LogP contribution is -2.02. The van der Waals surface area contributed by atoms with E-state index in [1.807, 2.05) is 31.2 Å². The molecule has 0 aliphatic carbocycles. The Kier molecular flexibility index (Phi) is 3.46. The smallest absolute Gasteiger partial charge is 0.337 e. The molecule has 0 fully saturated rings. The summed E-state index contributed by atoms with van der Waals surface area (Å²) in [6.07, 6.45) is 1.84. The van der Waals surface area contributed by atoms with Gasteiger partial charge in [0.05, 0.1) is 12.7 Å². The number of hydrogen-bond donors (Lipinski definition) is 0. The first-order chi connectivity index (χ1) is 6.69. The maximum absolute atomic E-state index is 11.2. The first-order valence-corrected chi connectivity index (χ1v) is 4.50. The predicted octanol–water partition coefficient (Wildman–Crippen LogP) is 2.76. The van der Waals surface area contributed by atoms with Crippen molar-refractivity contribution in [1.82, 2.24) is 0 Å². The van der Waals surface area contributed by atoms with Crippen LogP contribution in [0.4, 0.5) is 0 Å². The van der Waals surface area contributed by atoms with Crippen LogP contribution >= 0.6 is 0 Å². The minimum atomic E-state index is -0.303. The average Bonchev–Trinajstić information content (AvgIpc) is 2.27. The van der Waals surface area contributed by atoms with Gasteiger partial charge in [-0.2, -0.15) is 0 Å². The van der Waals surface area contributed by atoms with E-state index in [0.717, 1.165) is 5.56 Å². The normalized spacial score (nSPS) is 11.9. The zero-order chi connectivity index (χ0) is 10.6. The highest BCUT2D eigenvalue weighted by Gasteiger charge is 2.07. The van der Waals surface area contributed by atoms with E-state index < -0.39 is 0 Å². The highest BCUT2D eigenvalue weighted by atomic mass is 16.5. The highest BCUT2D eigenvalue weighted by Crippen LogP contribution is 2.17. The molecule has 1 rings (SSSR count). The van der Waals surface area contributed by atoms with E-state index in [-0.39, 0.29) is 11.9 Å². The summed E-state index contributed by atoms with van der Waals surface area (Å²) in [6.45, 7) is 5.75. The fraction of sp³-hybridized carbons (Fsp3) is 0.250. The van der Waals surface area contributed by atoms with Gasteiger partial charge in [0.1, 0.15) is 0 Å². The molecule has 0 aliphatic heterocycles. The Bertz CT molecular complexity index is 342. The van der Waals surface area contributed by atoms with E-state index in [2.05, 4.69) is 11.3 Å². The maximum atomic E-state index is 11.2. The first-order valence-electron chi connectivity index (χ1n) is 4.50. The van der Waals surface area contributed by atoms with E-state index in [1.54, 1.807) is 6.07 Å². The Hall–Kier alpha value is -1.57. The molecular formula is C12H14O2. The van der Waals surface area contributed by atoms with Crippen molar-refractivity contribution >= 4 is 5.97 Å². The number of esters is 1. The molecular weight excluding hydrogens is 176 g/mol. The van der Waals surface area contributed by atoms with Crippen molar-refractivity contribution in [3.63, 3.8) is 0 Å². The molecule has 0 aromatic heterocycles. The third kappa shape index (κ3) is 2.22. The third-order valence-corrected chi connectivity index (χ3v) is 2.19. The number of carbonyl (C=O) groups is 1. The van der Waals surface area contributed by atoms with Crippen LogP contribution in [0.15, 0.2) is 36.9 Å². The fourth-order valence-corrected chi connectivity index (χ4v) is 1.20. The number of ether oxygens (including phenoxy) is 1. The van der Waals surface area contributed by atoms with E-state index >= 15 is 0 Å². The Morgan fingerprint density at radius 1 is 1.57 bits per heavy atom. The monoisotopic (exact) mass is 190 g/mol. The molecule has 0 aliphatic rings. The summed E-state index contributed by atoms with van der Waals surface area (Å²) in [5, 5.41) is 0. The van der Waals surface area contributed by atoms with Crippen molar-refractivity contribution < 1.29 is 9.53 Å². The number of methoxy groups -OCH3 is 1. The van der Waals surface area contributed by atoms with Crippen LogP contribution in [0.3, 0.4) is 0 Å². The first kappa shape index (κ1) is 10.5. The molecule has 14 heavy (non-hydrogen) atoms. The number of hydrogen-bond acceptors (Lipinski definition) is 2. The van der Waals surface area contributed by atoms with Crippen molar-refractivity contribution in [2.24, 2.45) is 0 Å². The van der Waals surface area contributed by atoms with Gasteiger partial charge in [0.2, 0.25) is 0 Å². The lowest BCUT2D eigenvalue weighted by molar-refractivity contribution is 0.0600. The molecule has 0 bridgehead atoms. The highest BCUT2D eigenvalue weighted by molar-refractivity contribution is 5.89.